The summed E-state index contributed by atoms with van der Waals surface area (Å²) in [6.07, 6.45) is 3.37. The summed E-state index contributed by atoms with van der Waals surface area (Å²) in [6.45, 7) is 9.35. The molecule has 24 heavy (non-hydrogen) atoms. The summed E-state index contributed by atoms with van der Waals surface area (Å²) in [4.78, 5) is 25.5. The van der Waals surface area contributed by atoms with Gasteiger partial charge in [-0.25, -0.2) is 14.8 Å². The van der Waals surface area contributed by atoms with Crippen LogP contribution in [0.25, 0.3) is 0 Å². The summed E-state index contributed by atoms with van der Waals surface area (Å²) < 4.78 is 10.9. The Morgan fingerprint density at radius 1 is 1.29 bits per heavy atom. The van der Waals surface area contributed by atoms with Crippen LogP contribution in [0.3, 0.4) is 0 Å². The number of hydrogen-bond acceptors (Lipinski definition) is 6. The molecule has 7 heteroatoms. The number of aromatic nitrogens is 2. The molecule has 0 saturated carbocycles. The zero-order valence-corrected chi connectivity index (χ0v) is 14.7. The molecule has 0 radical (unpaired) electrons. The highest BCUT2D eigenvalue weighted by atomic mass is 16.6. The number of hydrogen-bond donors (Lipinski definition) is 0. The number of amides is 1. The van der Waals surface area contributed by atoms with Crippen LogP contribution < -0.4 is 4.90 Å². The SMILES string of the molecule is CC(C)(C)OC(=O)N1CCCC1c1ccnc(N2CCOCC2)n1. The lowest BCUT2D eigenvalue weighted by Crippen LogP contribution is -2.38. The number of anilines is 1. The van der Waals surface area contributed by atoms with Crippen molar-refractivity contribution in [2.45, 2.75) is 45.3 Å². The van der Waals surface area contributed by atoms with Gasteiger partial charge in [-0.3, -0.25) is 4.90 Å². The first kappa shape index (κ1) is 17.0. The standard InChI is InChI=1S/C17H26N4O3/c1-17(2,3)24-16(22)21-8-4-5-14(21)13-6-7-18-15(19-13)20-9-11-23-12-10-20/h6-7,14H,4-5,8-12H2,1-3H3. The van der Waals surface area contributed by atoms with Crippen LogP contribution in [0.2, 0.25) is 0 Å². The fraction of sp³-hybridized carbons (Fsp3) is 0.706. The van der Waals surface area contributed by atoms with E-state index in [1.165, 1.54) is 0 Å². The lowest BCUT2D eigenvalue weighted by Gasteiger charge is -2.30. The fourth-order valence-corrected chi connectivity index (χ4v) is 3.08. The summed E-state index contributed by atoms with van der Waals surface area (Å²) in [5, 5.41) is 0. The molecule has 2 aliphatic rings. The molecule has 2 saturated heterocycles. The smallest absolute Gasteiger partial charge is 0.410 e. The van der Waals surface area contributed by atoms with E-state index < -0.39 is 5.60 Å². The van der Waals surface area contributed by atoms with Crippen molar-refractivity contribution >= 4 is 12.0 Å². The van der Waals surface area contributed by atoms with Gasteiger partial charge >= 0.3 is 6.09 Å². The average molecular weight is 334 g/mol. The third-order valence-electron chi connectivity index (χ3n) is 4.18. The molecule has 3 heterocycles. The van der Waals surface area contributed by atoms with Gasteiger partial charge in [-0.2, -0.15) is 0 Å². The van der Waals surface area contributed by atoms with E-state index in [2.05, 4.69) is 9.88 Å². The Labute approximate surface area is 143 Å². The molecule has 0 N–H and O–H groups in total. The number of likely N-dealkylation sites (tertiary alicyclic amines) is 1. The van der Waals surface area contributed by atoms with E-state index in [1.54, 1.807) is 11.1 Å². The third-order valence-corrected chi connectivity index (χ3v) is 4.18. The van der Waals surface area contributed by atoms with Crippen LogP contribution in [-0.2, 0) is 9.47 Å². The first-order valence-electron chi connectivity index (χ1n) is 8.59. The van der Waals surface area contributed by atoms with Gasteiger partial charge in [-0.15, -0.1) is 0 Å². The molecule has 1 atom stereocenters. The van der Waals surface area contributed by atoms with Gasteiger partial charge in [0, 0.05) is 25.8 Å². The second kappa shape index (κ2) is 6.93. The van der Waals surface area contributed by atoms with Crippen LogP contribution in [-0.4, -0.2) is 59.4 Å². The number of rotatable bonds is 2. The quantitative estimate of drug-likeness (QED) is 0.827. The molecule has 1 amide bonds. The van der Waals surface area contributed by atoms with E-state index in [-0.39, 0.29) is 12.1 Å². The molecule has 1 aromatic heterocycles. The predicted octanol–water partition coefficient (Wildman–Crippen LogP) is 2.39. The highest BCUT2D eigenvalue weighted by Gasteiger charge is 2.34. The average Bonchev–Trinajstić information content (AvgIpc) is 3.04. The van der Waals surface area contributed by atoms with Crippen molar-refractivity contribution < 1.29 is 14.3 Å². The Kier molecular flexibility index (Phi) is 4.89. The van der Waals surface area contributed by atoms with Crippen LogP contribution >= 0.6 is 0 Å². The maximum absolute atomic E-state index is 12.5. The van der Waals surface area contributed by atoms with Crippen LogP contribution in [0.5, 0.6) is 0 Å². The summed E-state index contributed by atoms with van der Waals surface area (Å²) in [5.41, 5.74) is 0.393. The van der Waals surface area contributed by atoms with Crippen LogP contribution in [0.1, 0.15) is 45.3 Å². The molecule has 0 aliphatic carbocycles. The van der Waals surface area contributed by atoms with E-state index in [0.717, 1.165) is 31.6 Å². The largest absolute Gasteiger partial charge is 0.444 e. The first-order chi connectivity index (χ1) is 11.4. The molecule has 0 aromatic carbocycles. The predicted molar refractivity (Wildman–Crippen MR) is 90.0 cm³/mol. The van der Waals surface area contributed by atoms with Crippen LogP contribution in [0.15, 0.2) is 12.3 Å². The third kappa shape index (κ3) is 3.95. The van der Waals surface area contributed by atoms with E-state index in [9.17, 15) is 4.79 Å². The van der Waals surface area contributed by atoms with Crippen molar-refractivity contribution in [3.63, 3.8) is 0 Å². The molecular weight excluding hydrogens is 308 g/mol. The first-order valence-corrected chi connectivity index (χ1v) is 8.59. The highest BCUT2D eigenvalue weighted by Crippen LogP contribution is 2.32. The minimum Gasteiger partial charge on any atom is -0.444 e. The molecule has 132 valence electrons. The normalized spacial score (nSPS) is 21.9. The lowest BCUT2D eigenvalue weighted by molar-refractivity contribution is 0.0221. The Hall–Kier alpha value is -1.89. The van der Waals surface area contributed by atoms with Gasteiger partial charge in [0.15, 0.2) is 0 Å². The maximum Gasteiger partial charge on any atom is 0.410 e. The number of carbonyl (C=O) groups is 1. The molecule has 0 spiro atoms. The van der Waals surface area contributed by atoms with Gasteiger partial charge < -0.3 is 14.4 Å². The van der Waals surface area contributed by atoms with Gasteiger partial charge in [0.2, 0.25) is 5.95 Å². The van der Waals surface area contributed by atoms with Crippen molar-refractivity contribution in [1.82, 2.24) is 14.9 Å². The van der Waals surface area contributed by atoms with Gasteiger partial charge in [0.05, 0.1) is 24.9 Å². The Balaban J connectivity index is 1.76. The monoisotopic (exact) mass is 334 g/mol. The van der Waals surface area contributed by atoms with E-state index in [4.69, 9.17) is 14.5 Å². The Bertz CT molecular complexity index is 581. The number of carbonyl (C=O) groups excluding carboxylic acids is 1. The molecule has 1 unspecified atom stereocenters. The fourth-order valence-electron chi connectivity index (χ4n) is 3.08. The molecule has 7 nitrogen and oxygen atoms in total. The molecule has 3 rings (SSSR count). The molecular formula is C17H26N4O3. The van der Waals surface area contributed by atoms with Crippen molar-refractivity contribution in [1.29, 1.82) is 0 Å². The Morgan fingerprint density at radius 2 is 2.04 bits per heavy atom. The zero-order chi connectivity index (χ0) is 17.2. The topological polar surface area (TPSA) is 67.8 Å². The van der Waals surface area contributed by atoms with Crippen molar-refractivity contribution in [2.75, 3.05) is 37.7 Å². The second-order valence-corrected chi connectivity index (χ2v) is 7.21. The van der Waals surface area contributed by atoms with Crippen LogP contribution in [0.4, 0.5) is 10.7 Å². The number of morpholine rings is 1. The van der Waals surface area contributed by atoms with Gasteiger partial charge in [-0.05, 0) is 39.7 Å². The van der Waals surface area contributed by atoms with Crippen molar-refractivity contribution in [2.24, 2.45) is 0 Å². The van der Waals surface area contributed by atoms with E-state index in [1.807, 2.05) is 26.8 Å². The minimum absolute atomic E-state index is 0.0392. The Morgan fingerprint density at radius 3 is 2.75 bits per heavy atom. The minimum atomic E-state index is -0.491. The molecule has 1 aromatic rings. The van der Waals surface area contributed by atoms with Crippen LogP contribution in [0, 0.1) is 0 Å². The van der Waals surface area contributed by atoms with Gasteiger partial charge in [0.1, 0.15) is 5.60 Å². The van der Waals surface area contributed by atoms with E-state index >= 15 is 0 Å². The summed E-state index contributed by atoms with van der Waals surface area (Å²) in [5.74, 6) is 0.715. The summed E-state index contributed by atoms with van der Waals surface area (Å²) in [6, 6.07) is 1.86. The summed E-state index contributed by atoms with van der Waals surface area (Å²) in [7, 11) is 0. The van der Waals surface area contributed by atoms with Gasteiger partial charge in [-0.1, -0.05) is 0 Å². The number of nitrogens with zero attached hydrogens (tertiary/aromatic N) is 4. The van der Waals surface area contributed by atoms with Crippen molar-refractivity contribution in [3.8, 4) is 0 Å². The molecule has 2 aliphatic heterocycles. The maximum atomic E-state index is 12.5. The molecule has 0 bridgehead atoms. The van der Waals surface area contributed by atoms with Gasteiger partial charge in [0.25, 0.3) is 0 Å². The van der Waals surface area contributed by atoms with Crippen molar-refractivity contribution in [3.05, 3.63) is 18.0 Å². The highest BCUT2D eigenvalue weighted by molar-refractivity contribution is 5.69. The lowest BCUT2D eigenvalue weighted by atomic mass is 10.1. The number of ether oxygens (including phenoxy) is 2. The van der Waals surface area contributed by atoms with E-state index in [0.29, 0.717) is 25.7 Å². The molecule has 2 fully saturated rings. The second-order valence-electron chi connectivity index (χ2n) is 7.21. The zero-order valence-electron chi connectivity index (χ0n) is 14.7. The summed E-state index contributed by atoms with van der Waals surface area (Å²) >= 11 is 0.